The van der Waals surface area contributed by atoms with Crippen molar-refractivity contribution in [3.05, 3.63) is 57.3 Å². The summed E-state index contributed by atoms with van der Waals surface area (Å²) >= 11 is 5.82. The van der Waals surface area contributed by atoms with Gasteiger partial charge in [0.25, 0.3) is 11.8 Å². The molecule has 2 aromatic rings. The summed E-state index contributed by atoms with van der Waals surface area (Å²) in [6.45, 7) is -0.226. The van der Waals surface area contributed by atoms with Crippen LogP contribution in [0.4, 0.5) is 5.82 Å². The number of aliphatic hydroxyl groups is 3. The average molecular weight is 424 g/mol. The molecule has 4 atom stereocenters. The third kappa shape index (κ3) is 3.98. The van der Waals surface area contributed by atoms with Crippen LogP contribution in [0.5, 0.6) is 0 Å². The Balaban J connectivity index is 1.84. The van der Waals surface area contributed by atoms with Crippen molar-refractivity contribution in [2.45, 2.75) is 30.8 Å². The van der Waals surface area contributed by atoms with Crippen molar-refractivity contribution >= 4 is 23.3 Å². The van der Waals surface area contributed by atoms with E-state index in [0.29, 0.717) is 5.02 Å². The van der Waals surface area contributed by atoms with Crippen LogP contribution >= 0.6 is 11.6 Å². The Morgan fingerprint density at radius 2 is 2.14 bits per heavy atom. The zero-order valence-corrected chi connectivity index (χ0v) is 15.6. The summed E-state index contributed by atoms with van der Waals surface area (Å²) in [6, 6.07) is 6.77. The van der Waals surface area contributed by atoms with Gasteiger partial charge in [-0.25, -0.2) is 4.98 Å². The van der Waals surface area contributed by atoms with Gasteiger partial charge in [0.05, 0.1) is 18.8 Å². The number of nitrogens with one attached hydrogen (secondary N) is 1. The lowest BCUT2D eigenvalue weighted by Crippen LogP contribution is -2.48. The van der Waals surface area contributed by atoms with Gasteiger partial charge in [-0.15, -0.1) is 0 Å². The molecule has 2 heterocycles. The number of carbonyl (C=O) groups excluding carboxylic acids is 1. The summed E-state index contributed by atoms with van der Waals surface area (Å²) < 4.78 is 6.08. The number of amides is 1. The Labute approximate surface area is 169 Å². The van der Waals surface area contributed by atoms with Gasteiger partial charge in [0, 0.05) is 16.5 Å². The number of aromatic nitrogens is 2. The number of nitrogens with two attached hydrogens (primary N) is 1. The molecule has 1 fully saturated rings. The number of benzene rings is 1. The van der Waals surface area contributed by atoms with Gasteiger partial charge >= 0.3 is 0 Å². The normalized spacial score (nSPS) is 26.1. The molecule has 1 aliphatic rings. The second-order valence-corrected chi connectivity index (χ2v) is 6.75. The molecule has 13 heteroatoms. The second-order valence-electron chi connectivity index (χ2n) is 6.32. The molecule has 0 spiro atoms. The van der Waals surface area contributed by atoms with Crippen LogP contribution in [-0.2, 0) is 17.2 Å². The summed E-state index contributed by atoms with van der Waals surface area (Å²) in [7, 11) is 0. The summed E-state index contributed by atoms with van der Waals surface area (Å²) in [5, 5.41) is 37.7. The molecule has 1 saturated heterocycles. The highest BCUT2D eigenvalue weighted by molar-refractivity contribution is 6.30. The molecule has 0 radical (unpaired) electrons. The van der Waals surface area contributed by atoms with E-state index in [1.807, 2.05) is 0 Å². The van der Waals surface area contributed by atoms with Crippen molar-refractivity contribution in [3.8, 4) is 0 Å². The Morgan fingerprint density at radius 1 is 1.45 bits per heavy atom. The first-order valence-corrected chi connectivity index (χ1v) is 8.79. The van der Waals surface area contributed by atoms with Crippen LogP contribution < -0.4 is 11.1 Å². The molecule has 0 bridgehead atoms. The Morgan fingerprint density at radius 3 is 2.79 bits per heavy atom. The van der Waals surface area contributed by atoms with E-state index in [9.17, 15) is 20.1 Å². The molecule has 6 N–H and O–H groups in total. The van der Waals surface area contributed by atoms with Crippen LogP contribution in [0, 0.1) is 0 Å². The number of halogens is 1. The number of rotatable bonds is 6. The van der Waals surface area contributed by atoms with Crippen molar-refractivity contribution in [1.29, 1.82) is 0 Å². The molecule has 3 rings (SSSR count). The van der Waals surface area contributed by atoms with Crippen molar-refractivity contribution in [1.82, 2.24) is 14.9 Å². The van der Waals surface area contributed by atoms with Crippen molar-refractivity contribution < 1.29 is 24.9 Å². The number of aliphatic hydroxyl groups excluding tert-OH is 2. The van der Waals surface area contributed by atoms with Crippen molar-refractivity contribution in [2.75, 3.05) is 12.3 Å². The minimum Gasteiger partial charge on any atom is -0.387 e. The SMILES string of the molecule is [N-]=[N+]=NC[C@H]1O[C@@](O)(n2c(N)cnc2C(=O)NCc2ccc(Cl)cc2)[C@H](O)[C@@H]1O. The number of nitrogen functional groups attached to an aromatic ring is 1. The zero-order chi connectivity index (χ0) is 21.2. The Kier molecular flexibility index (Phi) is 5.94. The van der Waals surface area contributed by atoms with Crippen LogP contribution in [-0.4, -0.2) is 55.6 Å². The molecular weight excluding hydrogens is 406 g/mol. The standard InChI is InChI=1S/C16H18ClN7O5/c17-9-3-1-8(2-4-9)5-21-15(27)14-20-7-11(18)24(14)16(28)13(26)12(25)10(29-16)6-22-23-19/h1-4,7,10,12-13,25-26,28H,5-6,18H2,(H,21,27)/t10-,12-,13-,16-/m1/s1. The van der Waals surface area contributed by atoms with E-state index in [0.717, 1.165) is 16.3 Å². The Hall–Kier alpha value is -2.86. The number of hydrogen-bond donors (Lipinski definition) is 5. The second kappa shape index (κ2) is 8.25. The van der Waals surface area contributed by atoms with Gasteiger partial charge in [0.1, 0.15) is 11.9 Å². The number of imidazole rings is 1. The maximum absolute atomic E-state index is 12.6. The minimum absolute atomic E-state index is 0.132. The highest BCUT2D eigenvalue weighted by Crippen LogP contribution is 2.36. The number of carbonyl (C=O) groups is 1. The van der Waals surface area contributed by atoms with Crippen molar-refractivity contribution in [3.63, 3.8) is 0 Å². The zero-order valence-electron chi connectivity index (χ0n) is 14.9. The van der Waals surface area contributed by atoms with Gasteiger partial charge in [0.2, 0.25) is 5.82 Å². The first-order chi connectivity index (χ1) is 13.8. The highest BCUT2D eigenvalue weighted by Gasteiger charge is 2.56. The van der Waals surface area contributed by atoms with E-state index in [1.54, 1.807) is 24.3 Å². The fraction of sp³-hybridized carbons (Fsp3) is 0.375. The van der Waals surface area contributed by atoms with E-state index in [4.69, 9.17) is 27.6 Å². The summed E-state index contributed by atoms with van der Waals surface area (Å²) in [5.41, 5.74) is 15.0. The smallest absolute Gasteiger partial charge is 0.287 e. The summed E-state index contributed by atoms with van der Waals surface area (Å²) in [6.07, 6.45) is -3.62. The van der Waals surface area contributed by atoms with E-state index in [2.05, 4.69) is 20.3 Å². The quantitative estimate of drug-likeness (QED) is 0.246. The predicted molar refractivity (Wildman–Crippen MR) is 100 cm³/mol. The molecule has 154 valence electrons. The van der Waals surface area contributed by atoms with Gasteiger partial charge in [-0.2, -0.15) is 0 Å². The molecule has 1 aromatic heterocycles. The highest BCUT2D eigenvalue weighted by atomic mass is 35.5. The van der Waals surface area contributed by atoms with Crippen LogP contribution in [0.25, 0.3) is 10.4 Å². The molecule has 0 saturated carbocycles. The van der Waals surface area contributed by atoms with Gasteiger partial charge in [0.15, 0.2) is 6.10 Å². The molecule has 29 heavy (non-hydrogen) atoms. The molecule has 0 unspecified atom stereocenters. The van der Waals surface area contributed by atoms with E-state index < -0.39 is 30.1 Å². The first-order valence-electron chi connectivity index (χ1n) is 8.41. The molecule has 1 aromatic carbocycles. The third-order valence-electron chi connectivity index (χ3n) is 4.42. The summed E-state index contributed by atoms with van der Waals surface area (Å²) in [5.74, 6) is -3.86. The van der Waals surface area contributed by atoms with Crippen LogP contribution in [0.3, 0.4) is 0 Å². The fourth-order valence-corrected chi connectivity index (χ4v) is 3.09. The predicted octanol–water partition coefficient (Wildman–Crippen LogP) is 0.0822. The maximum Gasteiger partial charge on any atom is 0.287 e. The van der Waals surface area contributed by atoms with E-state index in [1.165, 1.54) is 0 Å². The number of anilines is 1. The Bertz CT molecular complexity index is 946. The first kappa shape index (κ1) is 20.9. The van der Waals surface area contributed by atoms with Crippen LogP contribution in [0.2, 0.25) is 5.02 Å². The molecule has 0 aliphatic carbocycles. The third-order valence-corrected chi connectivity index (χ3v) is 4.67. The molecule has 1 aliphatic heterocycles. The topological polar surface area (TPSA) is 192 Å². The van der Waals surface area contributed by atoms with Crippen LogP contribution in [0.15, 0.2) is 35.6 Å². The van der Waals surface area contributed by atoms with Gasteiger partial charge in [-0.3, -0.25) is 9.36 Å². The van der Waals surface area contributed by atoms with Crippen LogP contribution in [0.1, 0.15) is 16.2 Å². The number of azide groups is 1. The van der Waals surface area contributed by atoms with E-state index in [-0.39, 0.29) is 24.7 Å². The number of hydrogen-bond acceptors (Lipinski definition) is 8. The number of ether oxygens (including phenoxy) is 1. The lowest BCUT2D eigenvalue weighted by Gasteiger charge is -2.29. The maximum atomic E-state index is 12.6. The molecule has 12 nitrogen and oxygen atoms in total. The molecular formula is C16H18ClN7O5. The molecule has 1 amide bonds. The lowest BCUT2D eigenvalue weighted by atomic mass is 10.1. The van der Waals surface area contributed by atoms with Gasteiger partial charge in [-0.05, 0) is 23.2 Å². The van der Waals surface area contributed by atoms with Gasteiger partial charge < -0.3 is 31.1 Å². The van der Waals surface area contributed by atoms with Gasteiger partial charge in [-0.1, -0.05) is 28.8 Å². The van der Waals surface area contributed by atoms with Crippen molar-refractivity contribution in [2.24, 2.45) is 5.11 Å². The fourth-order valence-electron chi connectivity index (χ4n) is 2.96. The summed E-state index contributed by atoms with van der Waals surface area (Å²) in [4.78, 5) is 19.0. The van der Waals surface area contributed by atoms with E-state index >= 15 is 0 Å². The monoisotopic (exact) mass is 423 g/mol. The average Bonchev–Trinajstić information content (AvgIpc) is 3.20. The minimum atomic E-state index is -2.59. The number of nitrogens with zero attached hydrogens (tertiary/aromatic N) is 5. The largest absolute Gasteiger partial charge is 0.387 e. The lowest BCUT2D eigenvalue weighted by molar-refractivity contribution is -0.285.